The predicted molar refractivity (Wildman–Crippen MR) is 175 cm³/mol. The van der Waals surface area contributed by atoms with E-state index in [1.807, 2.05) is 17.9 Å². The number of rotatable bonds is 6. The fraction of sp³-hybridized carbons (Fsp3) is 0.562. The van der Waals surface area contributed by atoms with Crippen LogP contribution in [-0.2, 0) is 16.6 Å². The van der Waals surface area contributed by atoms with Gasteiger partial charge in [-0.15, -0.1) is 11.3 Å². The van der Waals surface area contributed by atoms with Crippen LogP contribution in [0.25, 0.3) is 0 Å². The number of aliphatic hydroxyl groups excluding tert-OH is 1. The number of carbonyl (C=O) groups excluding carboxylic acids is 1. The molecule has 0 aromatic carbocycles. The normalized spacial score (nSPS) is 25.2. The van der Waals surface area contributed by atoms with Gasteiger partial charge in [0.15, 0.2) is 6.23 Å². The Hall–Kier alpha value is -3.66. The number of thiophene rings is 1. The fourth-order valence-corrected chi connectivity index (χ4v) is 8.58. The number of hydrogen-bond donors (Lipinski definition) is 3. The first-order valence-corrected chi connectivity index (χ1v) is 16.5. The molecule has 2 aromatic heterocycles. The van der Waals surface area contributed by atoms with E-state index in [0.717, 1.165) is 61.0 Å². The Morgan fingerprint density at radius 1 is 1.20 bits per heavy atom. The highest BCUT2D eigenvalue weighted by molar-refractivity contribution is 7.16. The zero-order valence-corrected chi connectivity index (χ0v) is 26.4. The summed E-state index contributed by atoms with van der Waals surface area (Å²) in [5.41, 5.74) is 14.8. The molecule has 3 atom stereocenters. The molecule has 0 radical (unpaired) electrons. The molecule has 3 saturated heterocycles. The molecule has 1 aliphatic carbocycles. The van der Waals surface area contributed by atoms with E-state index < -0.39 is 11.6 Å². The zero-order valence-electron chi connectivity index (χ0n) is 25.5. The monoisotopic (exact) mass is 617 g/mol. The standard InChI is InChI=1S/C32H43N9O2S/c1-3-27(42)40-14-11-39(12-15-40)22-17-24(36-26(18-22)41-16-13-38-10-5-4-7-21(38)20-41)29(34)37-31(43)32(2)9-6-8-25-28(32)23(19-33)30(35)44-25/h3,17-18,21,31,43H,1,4-16,20,35H2,2H3,(H2,34,37). The number of aliphatic hydroxyl groups is 1. The average Bonchev–Trinajstić information content (AvgIpc) is 3.40. The molecule has 0 saturated carbocycles. The van der Waals surface area contributed by atoms with Crippen LogP contribution in [0.3, 0.4) is 0 Å². The lowest BCUT2D eigenvalue weighted by Crippen LogP contribution is -2.55. The number of piperazine rings is 2. The first-order valence-electron chi connectivity index (χ1n) is 15.7. The summed E-state index contributed by atoms with van der Waals surface area (Å²) < 4.78 is 0. The smallest absolute Gasteiger partial charge is 0.246 e. The van der Waals surface area contributed by atoms with E-state index in [9.17, 15) is 15.2 Å². The van der Waals surface area contributed by atoms with Gasteiger partial charge in [-0.3, -0.25) is 9.69 Å². The third-order valence-electron chi connectivity index (χ3n) is 9.97. The lowest BCUT2D eigenvalue weighted by atomic mass is 9.71. The second-order valence-electron chi connectivity index (χ2n) is 12.6. The first kappa shape index (κ1) is 30.4. The Labute approximate surface area is 263 Å². The van der Waals surface area contributed by atoms with Crippen molar-refractivity contribution < 1.29 is 9.90 Å². The fourth-order valence-electron chi connectivity index (χ4n) is 7.38. The Morgan fingerprint density at radius 2 is 1.98 bits per heavy atom. The van der Waals surface area contributed by atoms with E-state index in [1.165, 1.54) is 36.7 Å². The Morgan fingerprint density at radius 3 is 2.73 bits per heavy atom. The molecule has 0 spiro atoms. The van der Waals surface area contributed by atoms with Crippen molar-refractivity contribution in [1.29, 1.82) is 5.26 Å². The average molecular weight is 618 g/mol. The number of amides is 1. The minimum atomic E-state index is -1.17. The summed E-state index contributed by atoms with van der Waals surface area (Å²) in [6.45, 7) is 12.1. The van der Waals surface area contributed by atoms with Crippen LogP contribution in [0.1, 0.15) is 60.7 Å². The summed E-state index contributed by atoms with van der Waals surface area (Å²) in [5, 5.41) is 22.0. The number of piperidine rings is 1. The topological polar surface area (TPSA) is 151 Å². The molecule has 0 bridgehead atoms. The number of carbonyl (C=O) groups is 1. The summed E-state index contributed by atoms with van der Waals surface area (Å²) in [5.74, 6) is 0.957. The van der Waals surface area contributed by atoms with Crippen LogP contribution in [0.4, 0.5) is 16.5 Å². The zero-order chi connectivity index (χ0) is 31.0. The van der Waals surface area contributed by atoms with Gasteiger partial charge in [0.1, 0.15) is 28.4 Å². The van der Waals surface area contributed by atoms with Crippen molar-refractivity contribution in [3.8, 4) is 6.07 Å². The number of aliphatic imine (C=N–C) groups is 1. The van der Waals surface area contributed by atoms with Gasteiger partial charge in [-0.2, -0.15) is 5.26 Å². The van der Waals surface area contributed by atoms with Crippen molar-refractivity contribution in [2.24, 2.45) is 10.7 Å². The maximum Gasteiger partial charge on any atom is 0.246 e. The molecule has 3 fully saturated rings. The van der Waals surface area contributed by atoms with Crippen LogP contribution >= 0.6 is 11.3 Å². The third-order valence-corrected chi connectivity index (χ3v) is 11.1. The predicted octanol–water partition coefficient (Wildman–Crippen LogP) is 2.42. The second kappa shape index (κ2) is 12.4. The molecular weight excluding hydrogens is 574 g/mol. The number of nitrogens with zero attached hydrogens (tertiary/aromatic N) is 7. The van der Waals surface area contributed by atoms with Crippen LogP contribution in [0.2, 0.25) is 0 Å². The lowest BCUT2D eigenvalue weighted by Gasteiger charge is -2.44. The van der Waals surface area contributed by atoms with Gasteiger partial charge in [0.05, 0.1) is 5.56 Å². The van der Waals surface area contributed by atoms with Crippen molar-refractivity contribution in [2.45, 2.75) is 63.1 Å². The summed E-state index contributed by atoms with van der Waals surface area (Å²) in [6.07, 6.45) is 6.27. The van der Waals surface area contributed by atoms with Gasteiger partial charge < -0.3 is 31.3 Å². The number of anilines is 3. The first-order chi connectivity index (χ1) is 21.2. The second-order valence-corrected chi connectivity index (χ2v) is 13.8. The van der Waals surface area contributed by atoms with Gasteiger partial charge in [0.25, 0.3) is 0 Å². The number of nitriles is 1. The number of amidine groups is 1. The number of aromatic nitrogens is 1. The molecule has 4 aliphatic rings. The van der Waals surface area contributed by atoms with Crippen molar-refractivity contribution >= 4 is 39.6 Å². The molecule has 6 rings (SSSR count). The van der Waals surface area contributed by atoms with Crippen molar-refractivity contribution in [3.05, 3.63) is 46.5 Å². The summed E-state index contributed by atoms with van der Waals surface area (Å²) in [7, 11) is 0. The van der Waals surface area contributed by atoms with Crippen LogP contribution in [-0.4, -0.2) is 96.3 Å². The van der Waals surface area contributed by atoms with Gasteiger partial charge in [0.2, 0.25) is 5.91 Å². The Balaban J connectivity index is 1.32. The molecule has 12 heteroatoms. The van der Waals surface area contributed by atoms with E-state index in [1.54, 1.807) is 0 Å². The number of nitrogen functional groups attached to an aromatic ring is 1. The minimum absolute atomic E-state index is 0.0530. The van der Waals surface area contributed by atoms with E-state index >= 15 is 0 Å². The van der Waals surface area contributed by atoms with E-state index in [2.05, 4.69) is 38.4 Å². The number of fused-ring (bicyclic) bond motifs is 2. The molecule has 5 N–H and O–H groups in total. The van der Waals surface area contributed by atoms with E-state index in [4.69, 9.17) is 16.5 Å². The molecular formula is C32H43N9O2S. The van der Waals surface area contributed by atoms with Crippen molar-refractivity contribution in [3.63, 3.8) is 0 Å². The SMILES string of the molecule is C=CC(=O)N1CCN(c2cc(/C(N)=N/C(O)C3(C)CCCc4sc(N)c(C#N)c43)nc(N3CCN4CCCCC4C3)c2)CC1. The van der Waals surface area contributed by atoms with E-state index in [-0.39, 0.29) is 11.7 Å². The van der Waals surface area contributed by atoms with Crippen LogP contribution in [0.5, 0.6) is 0 Å². The quantitative estimate of drug-likeness (QED) is 0.252. The molecule has 44 heavy (non-hydrogen) atoms. The highest BCUT2D eigenvalue weighted by Crippen LogP contribution is 2.47. The number of hydrogen-bond acceptors (Lipinski definition) is 10. The molecule has 3 aliphatic heterocycles. The summed E-state index contributed by atoms with van der Waals surface area (Å²) in [6, 6.07) is 6.83. The molecule has 5 heterocycles. The summed E-state index contributed by atoms with van der Waals surface area (Å²) >= 11 is 1.43. The van der Waals surface area contributed by atoms with Crippen LogP contribution in [0, 0.1) is 11.3 Å². The minimum Gasteiger partial charge on any atom is -0.389 e. The Bertz CT molecular complexity index is 1490. The molecule has 3 unspecified atom stereocenters. The van der Waals surface area contributed by atoms with Crippen molar-refractivity contribution in [2.75, 3.05) is 67.9 Å². The highest BCUT2D eigenvalue weighted by Gasteiger charge is 2.43. The summed E-state index contributed by atoms with van der Waals surface area (Å²) in [4.78, 5) is 31.9. The van der Waals surface area contributed by atoms with Gasteiger partial charge in [0, 0.05) is 73.9 Å². The molecule has 11 nitrogen and oxygen atoms in total. The lowest BCUT2D eigenvalue weighted by molar-refractivity contribution is -0.126. The highest BCUT2D eigenvalue weighted by atomic mass is 32.1. The Kier molecular flexibility index (Phi) is 8.55. The van der Waals surface area contributed by atoms with Gasteiger partial charge in [-0.25, -0.2) is 9.98 Å². The van der Waals surface area contributed by atoms with Gasteiger partial charge in [-0.05, 0) is 56.4 Å². The number of pyridine rings is 1. The van der Waals surface area contributed by atoms with Gasteiger partial charge in [-0.1, -0.05) is 19.9 Å². The van der Waals surface area contributed by atoms with E-state index in [0.29, 0.717) is 54.9 Å². The third kappa shape index (κ3) is 5.64. The molecule has 2 aromatic rings. The maximum absolute atomic E-state index is 12.2. The molecule has 234 valence electrons. The maximum atomic E-state index is 12.2. The molecule has 1 amide bonds. The van der Waals surface area contributed by atoms with Crippen LogP contribution in [0.15, 0.2) is 29.8 Å². The van der Waals surface area contributed by atoms with Gasteiger partial charge >= 0.3 is 0 Å². The number of aryl methyl sites for hydroxylation is 1. The van der Waals surface area contributed by atoms with Crippen LogP contribution < -0.4 is 21.3 Å². The number of nitrogens with two attached hydrogens (primary N) is 2. The van der Waals surface area contributed by atoms with Crippen molar-refractivity contribution in [1.82, 2.24) is 14.8 Å². The largest absolute Gasteiger partial charge is 0.389 e.